The van der Waals surface area contributed by atoms with Gasteiger partial charge >= 0.3 is 18.3 Å². The van der Waals surface area contributed by atoms with Crippen LogP contribution in [-0.4, -0.2) is 78.4 Å². The van der Waals surface area contributed by atoms with Crippen LogP contribution in [0.3, 0.4) is 0 Å². The van der Waals surface area contributed by atoms with Gasteiger partial charge in [-0.15, -0.1) is 0 Å². The molecular weight excluding hydrogens is 522 g/mol. The molecule has 1 aromatic rings. The Hall–Kier alpha value is -4.03. The quantitative estimate of drug-likeness (QED) is 0.208. The number of ether oxygens (including phenoxy) is 3. The third kappa shape index (κ3) is 15.4. The van der Waals surface area contributed by atoms with Gasteiger partial charge in [-0.3, -0.25) is 14.5 Å². The molecule has 13 nitrogen and oxygen atoms in total. The van der Waals surface area contributed by atoms with Gasteiger partial charge in [0, 0.05) is 19.6 Å². The number of alkyl carbamates (subject to hydrolysis) is 2. The van der Waals surface area contributed by atoms with E-state index in [1.165, 1.54) is 0 Å². The molecule has 1 aromatic carbocycles. The van der Waals surface area contributed by atoms with Crippen LogP contribution in [0, 0.1) is 0 Å². The summed E-state index contributed by atoms with van der Waals surface area (Å²) in [5, 5.41) is 7.52. The highest BCUT2D eigenvalue weighted by Crippen LogP contribution is 2.15. The van der Waals surface area contributed by atoms with Gasteiger partial charge in [0.2, 0.25) is 11.8 Å². The number of hydrogen-bond acceptors (Lipinski definition) is 8. The summed E-state index contributed by atoms with van der Waals surface area (Å²) in [6, 6.07) is 8.04. The van der Waals surface area contributed by atoms with Crippen molar-refractivity contribution < 1.29 is 38.2 Å². The molecular formula is C27H43N5O8. The summed E-state index contributed by atoms with van der Waals surface area (Å²) in [7, 11) is 0. The van der Waals surface area contributed by atoms with Crippen LogP contribution < -0.4 is 21.7 Å². The van der Waals surface area contributed by atoms with E-state index in [1.807, 2.05) is 18.2 Å². The summed E-state index contributed by atoms with van der Waals surface area (Å²) < 4.78 is 15.7. The summed E-state index contributed by atoms with van der Waals surface area (Å²) in [4.78, 5) is 62.2. The summed E-state index contributed by atoms with van der Waals surface area (Å²) >= 11 is 0. The van der Waals surface area contributed by atoms with Crippen LogP contribution in [0.4, 0.5) is 14.4 Å². The smallest absolute Gasteiger partial charge is 0.411 e. The van der Waals surface area contributed by atoms with Gasteiger partial charge in [0.25, 0.3) is 0 Å². The van der Waals surface area contributed by atoms with E-state index in [1.54, 1.807) is 53.7 Å². The van der Waals surface area contributed by atoms with E-state index < -0.39 is 47.3 Å². The Balaban J connectivity index is 2.58. The Bertz CT molecular complexity index is 989. The molecule has 0 aliphatic rings. The molecule has 0 aliphatic heterocycles. The molecule has 5 amide bonds. The molecule has 1 rings (SSSR count). The van der Waals surface area contributed by atoms with Crippen LogP contribution >= 0.6 is 0 Å². The highest BCUT2D eigenvalue weighted by molar-refractivity contribution is 5.84. The van der Waals surface area contributed by atoms with E-state index in [-0.39, 0.29) is 45.6 Å². The molecule has 0 bridgehead atoms. The first-order chi connectivity index (χ1) is 18.6. The first-order valence-corrected chi connectivity index (χ1v) is 13.0. The molecule has 0 aliphatic carbocycles. The van der Waals surface area contributed by atoms with Crippen molar-refractivity contribution in [3.63, 3.8) is 0 Å². The minimum Gasteiger partial charge on any atom is -0.445 e. The Morgan fingerprint density at radius 3 is 2.05 bits per heavy atom. The second-order valence-corrected chi connectivity index (χ2v) is 10.9. The number of nitrogens with zero attached hydrogens (tertiary/aromatic N) is 1. The summed E-state index contributed by atoms with van der Waals surface area (Å²) in [6.45, 7) is 10.1. The van der Waals surface area contributed by atoms with Gasteiger partial charge in [0.05, 0.1) is 6.54 Å². The van der Waals surface area contributed by atoms with Crippen LogP contribution in [0.2, 0.25) is 0 Å². The molecule has 224 valence electrons. The molecule has 0 heterocycles. The van der Waals surface area contributed by atoms with Crippen molar-refractivity contribution >= 4 is 30.1 Å². The molecule has 0 saturated heterocycles. The molecule has 0 saturated carbocycles. The molecule has 40 heavy (non-hydrogen) atoms. The number of nitrogens with two attached hydrogens (primary N) is 1. The average Bonchev–Trinajstić information content (AvgIpc) is 2.83. The fraction of sp³-hybridized carbons (Fsp3) is 0.593. The monoisotopic (exact) mass is 565 g/mol. The van der Waals surface area contributed by atoms with Gasteiger partial charge in [0.15, 0.2) is 0 Å². The molecule has 0 spiro atoms. The zero-order valence-corrected chi connectivity index (χ0v) is 24.2. The van der Waals surface area contributed by atoms with E-state index in [0.717, 1.165) is 10.5 Å². The number of carbonyl (C=O) groups is 5. The Labute approximate surface area is 235 Å². The molecule has 0 fully saturated rings. The third-order valence-electron chi connectivity index (χ3n) is 4.94. The second kappa shape index (κ2) is 16.2. The van der Waals surface area contributed by atoms with Crippen LogP contribution in [0.5, 0.6) is 0 Å². The summed E-state index contributed by atoms with van der Waals surface area (Å²) in [5.74, 6) is -1.23. The lowest BCUT2D eigenvalue weighted by molar-refractivity contribution is -0.123. The van der Waals surface area contributed by atoms with Gasteiger partial charge in [0.1, 0.15) is 23.9 Å². The van der Waals surface area contributed by atoms with Crippen molar-refractivity contribution in [2.45, 2.75) is 78.2 Å². The SMILES string of the molecule is CC(C)(C)OC(=O)NCCN(C(=O)OC(C)(C)C)[C@@H](CCCNC(=O)CNC(=O)OCc1ccccc1)C(N)=O. The number of hydrogen-bond donors (Lipinski definition) is 4. The van der Waals surface area contributed by atoms with Crippen LogP contribution in [0.15, 0.2) is 30.3 Å². The predicted octanol–water partition coefficient (Wildman–Crippen LogP) is 2.42. The van der Waals surface area contributed by atoms with Gasteiger partial charge in [-0.2, -0.15) is 0 Å². The molecule has 0 aromatic heterocycles. The minimum absolute atomic E-state index is 0.0132. The number of nitrogens with one attached hydrogen (secondary N) is 3. The van der Waals surface area contributed by atoms with E-state index in [2.05, 4.69) is 16.0 Å². The number of carbonyl (C=O) groups excluding carboxylic acids is 5. The first-order valence-electron chi connectivity index (χ1n) is 13.0. The zero-order valence-electron chi connectivity index (χ0n) is 24.2. The van der Waals surface area contributed by atoms with Gasteiger partial charge in [-0.25, -0.2) is 14.4 Å². The van der Waals surface area contributed by atoms with E-state index in [0.29, 0.717) is 0 Å². The molecule has 0 radical (unpaired) electrons. The first kappa shape index (κ1) is 34.0. The highest BCUT2D eigenvalue weighted by atomic mass is 16.6. The van der Waals surface area contributed by atoms with Crippen molar-refractivity contribution in [2.24, 2.45) is 5.73 Å². The van der Waals surface area contributed by atoms with E-state index in [9.17, 15) is 24.0 Å². The zero-order chi connectivity index (χ0) is 30.3. The number of amides is 5. The largest absolute Gasteiger partial charge is 0.445 e. The lowest BCUT2D eigenvalue weighted by Crippen LogP contribution is -2.52. The molecule has 0 unspecified atom stereocenters. The second-order valence-electron chi connectivity index (χ2n) is 10.9. The third-order valence-corrected chi connectivity index (χ3v) is 4.94. The van der Waals surface area contributed by atoms with Gasteiger partial charge < -0.3 is 35.9 Å². The van der Waals surface area contributed by atoms with Crippen LogP contribution in [0.1, 0.15) is 59.9 Å². The maximum atomic E-state index is 12.9. The fourth-order valence-electron chi connectivity index (χ4n) is 3.25. The number of primary amides is 1. The Morgan fingerprint density at radius 2 is 1.48 bits per heavy atom. The van der Waals surface area contributed by atoms with E-state index >= 15 is 0 Å². The number of rotatable bonds is 13. The maximum absolute atomic E-state index is 12.9. The highest BCUT2D eigenvalue weighted by Gasteiger charge is 2.31. The van der Waals surface area contributed by atoms with Crippen molar-refractivity contribution in [2.75, 3.05) is 26.2 Å². The maximum Gasteiger partial charge on any atom is 0.411 e. The minimum atomic E-state index is -1.06. The summed E-state index contributed by atoms with van der Waals surface area (Å²) in [6.07, 6.45) is -1.78. The van der Waals surface area contributed by atoms with Crippen molar-refractivity contribution in [1.29, 1.82) is 0 Å². The lowest BCUT2D eigenvalue weighted by Gasteiger charge is -2.32. The van der Waals surface area contributed by atoms with Gasteiger partial charge in [-0.1, -0.05) is 30.3 Å². The van der Waals surface area contributed by atoms with Crippen molar-refractivity contribution in [1.82, 2.24) is 20.9 Å². The van der Waals surface area contributed by atoms with Gasteiger partial charge in [-0.05, 0) is 59.9 Å². The van der Waals surface area contributed by atoms with Crippen molar-refractivity contribution in [3.05, 3.63) is 35.9 Å². The predicted molar refractivity (Wildman–Crippen MR) is 147 cm³/mol. The van der Waals surface area contributed by atoms with E-state index in [4.69, 9.17) is 19.9 Å². The fourth-order valence-corrected chi connectivity index (χ4v) is 3.25. The Kier molecular flexibility index (Phi) is 13.7. The lowest BCUT2D eigenvalue weighted by atomic mass is 10.1. The molecule has 13 heteroatoms. The molecule has 5 N–H and O–H groups in total. The normalized spacial score (nSPS) is 11.9. The van der Waals surface area contributed by atoms with Crippen LogP contribution in [-0.2, 0) is 30.4 Å². The Morgan fingerprint density at radius 1 is 0.850 bits per heavy atom. The standard InChI is InChI=1S/C27H43N5O8/c1-26(2,3)39-24(36)30-15-16-32(25(37)40-27(4,5)6)20(22(28)34)13-10-14-29-21(33)17-31-23(35)38-18-19-11-8-7-9-12-19/h7-9,11-12,20H,10,13-18H2,1-6H3,(H2,28,34)(H,29,33)(H,30,36)(H,31,35)/t20-/m0/s1. The van der Waals surface area contributed by atoms with Crippen LogP contribution in [0.25, 0.3) is 0 Å². The summed E-state index contributed by atoms with van der Waals surface area (Å²) in [5.41, 5.74) is 4.88. The topological polar surface area (TPSA) is 178 Å². The van der Waals surface area contributed by atoms with Crippen molar-refractivity contribution in [3.8, 4) is 0 Å². The average molecular weight is 566 g/mol. The number of benzene rings is 1. The molecule has 1 atom stereocenters.